The van der Waals surface area contributed by atoms with Crippen LogP contribution in [0, 0.1) is 0 Å². The van der Waals surface area contributed by atoms with Gasteiger partial charge in [-0.1, -0.05) is 18.2 Å². The second kappa shape index (κ2) is 15.0. The van der Waals surface area contributed by atoms with Crippen LogP contribution in [0.4, 0.5) is 5.69 Å². The number of carbonyl (C=O) groups is 3. The van der Waals surface area contributed by atoms with Gasteiger partial charge in [-0.2, -0.15) is 0 Å². The summed E-state index contributed by atoms with van der Waals surface area (Å²) in [4.78, 5) is 59.6. The van der Waals surface area contributed by atoms with Crippen molar-refractivity contribution in [3.63, 3.8) is 0 Å². The van der Waals surface area contributed by atoms with Crippen LogP contribution in [-0.2, 0) is 15.8 Å². The average molecular weight is 701 g/mol. The first-order chi connectivity index (χ1) is 23.7. The molecule has 0 bridgehead atoms. The number of anilines is 1. The van der Waals surface area contributed by atoms with Crippen molar-refractivity contribution in [1.29, 1.82) is 0 Å². The molecule has 2 aliphatic rings. The molecule has 1 aliphatic heterocycles. The molecular weight excluding hydrogens is 663 g/mol. The topological polar surface area (TPSA) is 184 Å². The lowest BCUT2D eigenvalue weighted by molar-refractivity contribution is -0.211. The zero-order valence-electron chi connectivity index (χ0n) is 27.9. The Labute approximate surface area is 288 Å². The molecule has 3 aromatic carbocycles. The summed E-state index contributed by atoms with van der Waals surface area (Å²) in [6, 6.07) is 22.0. The number of phosphoric acid groups is 1. The third kappa shape index (κ3) is 8.56. The van der Waals surface area contributed by atoms with Crippen molar-refractivity contribution in [1.82, 2.24) is 15.2 Å². The molecule has 4 N–H and O–H groups in total. The van der Waals surface area contributed by atoms with Crippen LogP contribution in [-0.4, -0.2) is 69.1 Å². The summed E-state index contributed by atoms with van der Waals surface area (Å²) in [5.74, 6) is -1.42. The maximum atomic E-state index is 13.1. The number of carbonyl (C=O) groups excluding carboxylic acids is 2. The molecule has 0 spiro atoms. The molecule has 0 aromatic heterocycles. The van der Waals surface area contributed by atoms with E-state index < -0.39 is 19.7 Å². The Hall–Kier alpha value is -5.49. The molecule has 1 atom stereocenters. The fraction of sp³-hybridized carbons (Fsp3) is 0.222. The highest BCUT2D eigenvalue weighted by Gasteiger charge is 2.23. The largest absolute Gasteiger partial charge is 0.746 e. The van der Waals surface area contributed by atoms with E-state index in [2.05, 4.69) is 15.2 Å². The first-order valence-corrected chi connectivity index (χ1v) is 17.1. The highest BCUT2D eigenvalue weighted by atomic mass is 31.2. The number of carboxylic acid groups (broad SMARTS) is 1. The molecule has 5 rings (SSSR count). The molecular formula is C36H37N4O9P. The summed E-state index contributed by atoms with van der Waals surface area (Å²) in [6.45, 7) is 0.251. The Balaban J connectivity index is 1.30. The highest BCUT2D eigenvalue weighted by Crippen LogP contribution is 2.42. The van der Waals surface area contributed by atoms with Gasteiger partial charge < -0.3 is 39.4 Å². The Bertz CT molecular complexity index is 2170. The first kappa shape index (κ1) is 35.8. The molecule has 0 radical (unpaired) electrons. The fourth-order valence-corrected chi connectivity index (χ4v) is 5.86. The van der Waals surface area contributed by atoms with E-state index >= 15 is 0 Å². The van der Waals surface area contributed by atoms with Crippen LogP contribution in [0.15, 0.2) is 83.3 Å². The van der Waals surface area contributed by atoms with Crippen LogP contribution in [0.25, 0.3) is 33.4 Å². The molecule has 0 fully saturated rings. The van der Waals surface area contributed by atoms with Crippen molar-refractivity contribution < 1.29 is 42.8 Å². The van der Waals surface area contributed by atoms with Crippen LogP contribution in [0.2, 0.25) is 0 Å². The van der Waals surface area contributed by atoms with E-state index in [9.17, 15) is 28.9 Å². The van der Waals surface area contributed by atoms with E-state index in [1.165, 1.54) is 18.2 Å². The number of aryl methyl sites for hydroxylation is 1. The molecule has 3 aromatic rings. The van der Waals surface area contributed by atoms with Gasteiger partial charge in [-0.15, -0.1) is 0 Å². The number of phosphoric ester groups is 1. The lowest BCUT2D eigenvalue weighted by Crippen LogP contribution is -2.34. The number of rotatable bonds is 12. The number of benzene rings is 4. The SMILES string of the molecule is CN(C)c1ccc2c(-c3ccc(C(=O)NCCNC(=O)CCc4ccc(OP(=O)([O-])O)cc4)cc3C(=O)O)c3ccc(=[N+](C)C)cc-3oc2c1. The standard InChI is InChI=1S/C36H37N4O9P/c1-39(2)24-9-14-28-31(20-24)48-32-21-25(40(3)4)10-15-29(32)34(28)27-13-8-23(19-30(27)36(43)44)35(42)38-18-17-37-33(41)16-7-22-5-11-26(12-6-22)49-50(45,46)47/h5-6,8-15,19-21H,7,16-18H2,1-4H3,(H4-,37,38,41,42,43,44,45,46,47). The number of fused-ring (bicyclic) bond motifs is 2. The smallest absolute Gasteiger partial charge is 0.336 e. The van der Waals surface area contributed by atoms with Crippen LogP contribution >= 0.6 is 7.82 Å². The molecule has 50 heavy (non-hydrogen) atoms. The monoisotopic (exact) mass is 700 g/mol. The Kier molecular flexibility index (Phi) is 10.7. The molecule has 1 unspecified atom stereocenters. The summed E-state index contributed by atoms with van der Waals surface area (Å²) < 4.78 is 23.5. The van der Waals surface area contributed by atoms with E-state index in [1.807, 2.05) is 74.1 Å². The third-order valence-electron chi connectivity index (χ3n) is 8.02. The highest BCUT2D eigenvalue weighted by molar-refractivity contribution is 7.45. The van der Waals surface area contributed by atoms with Gasteiger partial charge in [0, 0.05) is 73.5 Å². The molecule has 0 saturated carbocycles. The quantitative estimate of drug-likeness (QED) is 0.0652. The van der Waals surface area contributed by atoms with Gasteiger partial charge in [0.05, 0.1) is 11.6 Å². The minimum atomic E-state index is -4.90. The van der Waals surface area contributed by atoms with Gasteiger partial charge in [-0.3, -0.25) is 14.2 Å². The van der Waals surface area contributed by atoms with E-state index in [0.29, 0.717) is 28.9 Å². The van der Waals surface area contributed by atoms with Crippen LogP contribution in [0.3, 0.4) is 0 Å². The number of hydrogen-bond donors (Lipinski definition) is 4. The van der Waals surface area contributed by atoms with E-state index in [4.69, 9.17) is 9.31 Å². The first-order valence-electron chi connectivity index (χ1n) is 15.6. The number of nitrogens with one attached hydrogen (secondary N) is 2. The molecule has 260 valence electrons. The Morgan fingerprint density at radius 3 is 2.28 bits per heavy atom. The van der Waals surface area contributed by atoms with Crippen LogP contribution in [0.1, 0.15) is 32.7 Å². The van der Waals surface area contributed by atoms with Crippen molar-refractivity contribution in [3.8, 4) is 28.2 Å². The normalized spacial score (nSPS) is 12.3. The van der Waals surface area contributed by atoms with Crippen molar-refractivity contribution in [2.75, 3.05) is 46.2 Å². The number of aromatic carboxylic acids is 1. The Morgan fingerprint density at radius 2 is 1.62 bits per heavy atom. The van der Waals surface area contributed by atoms with Crippen LogP contribution < -0.4 is 34.9 Å². The summed E-state index contributed by atoms with van der Waals surface area (Å²) >= 11 is 0. The summed E-state index contributed by atoms with van der Waals surface area (Å²) in [7, 11) is 2.79. The van der Waals surface area contributed by atoms with Gasteiger partial charge in [-0.25, -0.2) is 9.37 Å². The molecule has 14 heteroatoms. The van der Waals surface area contributed by atoms with E-state index in [1.54, 1.807) is 24.3 Å². The van der Waals surface area contributed by atoms with Gasteiger partial charge in [0.1, 0.15) is 31.2 Å². The lowest BCUT2D eigenvalue weighted by Gasteiger charge is -2.19. The number of nitrogens with zero attached hydrogens (tertiary/aromatic N) is 2. The van der Waals surface area contributed by atoms with Crippen LogP contribution in [0.5, 0.6) is 5.75 Å². The molecule has 13 nitrogen and oxygen atoms in total. The summed E-state index contributed by atoms with van der Waals surface area (Å²) in [5, 5.41) is 17.4. The molecule has 0 saturated heterocycles. The third-order valence-corrected chi connectivity index (χ3v) is 8.46. The molecule has 2 amide bonds. The Morgan fingerprint density at radius 1 is 0.920 bits per heavy atom. The summed E-state index contributed by atoms with van der Waals surface area (Å²) in [5.41, 5.74) is 4.18. The number of amides is 2. The minimum absolute atomic E-state index is 0.0460. The van der Waals surface area contributed by atoms with E-state index in [0.717, 1.165) is 27.6 Å². The minimum Gasteiger partial charge on any atom is -0.746 e. The average Bonchev–Trinajstić information content (AvgIpc) is 3.07. The maximum Gasteiger partial charge on any atom is 0.336 e. The van der Waals surface area contributed by atoms with Crippen molar-refractivity contribution in [2.45, 2.75) is 12.8 Å². The van der Waals surface area contributed by atoms with Gasteiger partial charge in [0.15, 0.2) is 0 Å². The van der Waals surface area contributed by atoms with Gasteiger partial charge in [-0.05, 0) is 60.0 Å². The summed E-state index contributed by atoms with van der Waals surface area (Å²) in [6.07, 6.45) is 0.505. The predicted molar refractivity (Wildman–Crippen MR) is 187 cm³/mol. The zero-order chi connectivity index (χ0) is 36.2. The second-order valence-corrected chi connectivity index (χ2v) is 13.1. The zero-order valence-corrected chi connectivity index (χ0v) is 28.8. The second-order valence-electron chi connectivity index (χ2n) is 12.0. The van der Waals surface area contributed by atoms with E-state index in [-0.39, 0.29) is 42.3 Å². The molecule has 1 heterocycles. The fourth-order valence-electron chi connectivity index (χ4n) is 5.47. The maximum absolute atomic E-state index is 13.1. The van der Waals surface area contributed by atoms with Gasteiger partial charge in [0.25, 0.3) is 5.91 Å². The van der Waals surface area contributed by atoms with Crippen molar-refractivity contribution >= 4 is 42.3 Å². The predicted octanol–water partition coefficient (Wildman–Crippen LogP) is 3.32. The van der Waals surface area contributed by atoms with Gasteiger partial charge >= 0.3 is 13.8 Å². The van der Waals surface area contributed by atoms with Gasteiger partial charge in [0.2, 0.25) is 11.3 Å². The van der Waals surface area contributed by atoms with Crippen molar-refractivity contribution in [3.05, 3.63) is 101 Å². The molecule has 1 aliphatic carbocycles. The van der Waals surface area contributed by atoms with Crippen molar-refractivity contribution in [2.24, 2.45) is 0 Å². The lowest BCUT2D eigenvalue weighted by atomic mass is 9.89. The number of carboxylic acids is 1. The number of hydrogen-bond acceptors (Lipinski definition) is 8.